The Balaban J connectivity index is 2.76. The Morgan fingerprint density at radius 1 is 0.706 bits per heavy atom. The molecule has 2 rings (SSSR count). The fraction of sp³-hybridized carbons (Fsp3) is 0.581. The fourth-order valence-electron chi connectivity index (χ4n) is 4.52. The molecule has 2 aromatic carbocycles. The van der Waals surface area contributed by atoms with E-state index in [0.29, 0.717) is 11.3 Å². The van der Waals surface area contributed by atoms with Gasteiger partial charge >= 0.3 is 5.97 Å². The summed E-state index contributed by atoms with van der Waals surface area (Å²) in [6, 6.07) is 6.13. The summed E-state index contributed by atoms with van der Waals surface area (Å²) in [5.74, 6) is 0.522. The van der Waals surface area contributed by atoms with Gasteiger partial charge in [-0.2, -0.15) is 0 Å². The van der Waals surface area contributed by atoms with Crippen LogP contribution in [0, 0.1) is 13.8 Å². The first-order valence-electron chi connectivity index (χ1n) is 12.3. The summed E-state index contributed by atoms with van der Waals surface area (Å²) in [5.41, 5.74) is 5.16. The topological polar surface area (TPSA) is 46.5 Å². The quantitative estimate of drug-likeness (QED) is 0.357. The Labute approximate surface area is 207 Å². The molecule has 0 saturated heterocycles. The van der Waals surface area contributed by atoms with Gasteiger partial charge in [0, 0.05) is 16.7 Å². The lowest BCUT2D eigenvalue weighted by molar-refractivity contribution is 0.0729. The number of carbonyl (C=O) groups excluding carboxylic acids is 1. The number of aromatic hydroxyl groups is 1. The Morgan fingerprint density at radius 2 is 1.21 bits per heavy atom. The number of esters is 1. The minimum absolute atomic E-state index is 0.00986. The second kappa shape index (κ2) is 8.73. The van der Waals surface area contributed by atoms with Gasteiger partial charge in [-0.25, -0.2) is 4.79 Å². The van der Waals surface area contributed by atoms with Crippen molar-refractivity contribution in [3.05, 3.63) is 57.1 Å². The van der Waals surface area contributed by atoms with Crippen molar-refractivity contribution in [2.45, 2.75) is 119 Å². The number of rotatable bonds is 2. The van der Waals surface area contributed by atoms with E-state index >= 15 is 0 Å². The van der Waals surface area contributed by atoms with Crippen molar-refractivity contribution in [2.75, 3.05) is 0 Å². The second-order valence-corrected chi connectivity index (χ2v) is 13.9. The third-order valence-corrected chi connectivity index (χ3v) is 6.48. The summed E-state index contributed by atoms with van der Waals surface area (Å²) in [7, 11) is 0. The highest BCUT2D eigenvalue weighted by Gasteiger charge is 2.32. The summed E-state index contributed by atoms with van der Waals surface area (Å²) >= 11 is 0. The first-order chi connectivity index (χ1) is 15.1. The molecule has 34 heavy (non-hydrogen) atoms. The SMILES string of the molecule is Cc1cc(C(C)(C)C)cc(C(C)(C)C)c1OC(=O)c1cc(C(C)(C)C)c(O)c(C(C)(C)C)c1C. The molecule has 0 heterocycles. The number of aryl methyl sites for hydroxylation is 1. The van der Waals surface area contributed by atoms with Crippen LogP contribution in [0.1, 0.15) is 127 Å². The minimum Gasteiger partial charge on any atom is -0.507 e. The predicted molar refractivity (Wildman–Crippen MR) is 144 cm³/mol. The van der Waals surface area contributed by atoms with Crippen molar-refractivity contribution >= 4 is 5.97 Å². The average molecular weight is 467 g/mol. The molecule has 0 aliphatic heterocycles. The third-order valence-electron chi connectivity index (χ3n) is 6.48. The van der Waals surface area contributed by atoms with Crippen LogP contribution in [-0.4, -0.2) is 11.1 Å². The minimum atomic E-state index is -0.384. The highest BCUT2D eigenvalue weighted by molar-refractivity contribution is 5.94. The number of hydrogen-bond donors (Lipinski definition) is 1. The van der Waals surface area contributed by atoms with E-state index in [1.807, 2.05) is 40.7 Å². The molecule has 0 amide bonds. The summed E-state index contributed by atoms with van der Waals surface area (Å²) in [4.78, 5) is 13.7. The zero-order valence-corrected chi connectivity index (χ0v) is 24.0. The maximum Gasteiger partial charge on any atom is 0.343 e. The molecule has 0 bridgehead atoms. The van der Waals surface area contributed by atoms with Crippen molar-refractivity contribution < 1.29 is 14.6 Å². The van der Waals surface area contributed by atoms with Gasteiger partial charge in [-0.3, -0.25) is 0 Å². The Bertz CT molecular complexity index is 1090. The van der Waals surface area contributed by atoms with Crippen molar-refractivity contribution in [3.8, 4) is 11.5 Å². The predicted octanol–water partition coefficient (Wildman–Crippen LogP) is 8.42. The molecule has 0 atom stereocenters. The lowest BCUT2D eigenvalue weighted by atomic mass is 9.76. The lowest BCUT2D eigenvalue weighted by Gasteiger charge is -2.31. The monoisotopic (exact) mass is 466 g/mol. The molecular weight excluding hydrogens is 420 g/mol. The molecule has 0 fully saturated rings. The number of phenols is 1. The molecule has 3 nitrogen and oxygen atoms in total. The van der Waals surface area contributed by atoms with Gasteiger partial charge in [-0.1, -0.05) is 95.2 Å². The molecule has 0 aromatic heterocycles. The molecule has 1 N–H and O–H groups in total. The number of carbonyl (C=O) groups is 1. The van der Waals surface area contributed by atoms with E-state index in [2.05, 4.69) is 74.4 Å². The van der Waals surface area contributed by atoms with Crippen molar-refractivity contribution in [2.24, 2.45) is 0 Å². The van der Waals surface area contributed by atoms with Gasteiger partial charge in [0.2, 0.25) is 0 Å². The second-order valence-electron chi connectivity index (χ2n) is 13.9. The molecule has 3 heteroatoms. The maximum absolute atomic E-state index is 13.7. The molecular formula is C31H46O3. The summed E-state index contributed by atoms with van der Waals surface area (Å²) in [6.07, 6.45) is 0. The number of benzene rings is 2. The van der Waals surface area contributed by atoms with E-state index in [9.17, 15) is 9.90 Å². The van der Waals surface area contributed by atoms with E-state index in [1.165, 1.54) is 5.56 Å². The Hall–Kier alpha value is -2.29. The van der Waals surface area contributed by atoms with Gasteiger partial charge in [0.25, 0.3) is 0 Å². The average Bonchev–Trinajstić information content (AvgIpc) is 2.58. The van der Waals surface area contributed by atoms with Crippen LogP contribution in [0.25, 0.3) is 0 Å². The van der Waals surface area contributed by atoms with Crippen molar-refractivity contribution in [1.29, 1.82) is 0 Å². The summed E-state index contributed by atoms with van der Waals surface area (Å²) in [5, 5.41) is 11.2. The molecule has 0 saturated carbocycles. The first kappa shape index (κ1) is 28.0. The van der Waals surface area contributed by atoms with Crippen LogP contribution in [0.3, 0.4) is 0 Å². The third kappa shape index (κ3) is 5.67. The van der Waals surface area contributed by atoms with E-state index < -0.39 is 0 Å². The zero-order chi connectivity index (χ0) is 26.6. The lowest BCUT2D eigenvalue weighted by Crippen LogP contribution is -2.24. The highest BCUT2D eigenvalue weighted by Crippen LogP contribution is 2.43. The van der Waals surface area contributed by atoms with Crippen LogP contribution in [0.5, 0.6) is 11.5 Å². The van der Waals surface area contributed by atoms with Crippen LogP contribution in [0.2, 0.25) is 0 Å². The Morgan fingerprint density at radius 3 is 1.62 bits per heavy atom. The van der Waals surface area contributed by atoms with E-state index in [-0.39, 0.29) is 33.4 Å². The molecule has 0 unspecified atom stereocenters. The van der Waals surface area contributed by atoms with E-state index in [4.69, 9.17) is 4.74 Å². The number of hydrogen-bond acceptors (Lipinski definition) is 3. The largest absolute Gasteiger partial charge is 0.507 e. The van der Waals surface area contributed by atoms with Crippen LogP contribution < -0.4 is 4.74 Å². The summed E-state index contributed by atoms with van der Waals surface area (Å²) < 4.78 is 6.19. The van der Waals surface area contributed by atoms with Gasteiger partial charge in [-0.15, -0.1) is 0 Å². The maximum atomic E-state index is 13.7. The van der Waals surface area contributed by atoms with Crippen LogP contribution in [0.15, 0.2) is 18.2 Å². The van der Waals surface area contributed by atoms with E-state index in [0.717, 1.165) is 27.8 Å². The normalized spacial score (nSPS) is 13.2. The van der Waals surface area contributed by atoms with Gasteiger partial charge in [-0.05, 0) is 58.3 Å². The van der Waals surface area contributed by atoms with Gasteiger partial charge < -0.3 is 9.84 Å². The van der Waals surface area contributed by atoms with Crippen molar-refractivity contribution in [1.82, 2.24) is 0 Å². The standard InChI is InChI=1S/C31H46O3/c1-18-15-20(28(3,4)5)16-23(30(9,10)11)26(18)34-27(33)21-17-22(29(6,7)8)25(32)24(19(21)2)31(12,13)14/h15-17,32H,1-14H3. The molecule has 0 radical (unpaired) electrons. The summed E-state index contributed by atoms with van der Waals surface area (Å²) in [6.45, 7) is 29.3. The highest BCUT2D eigenvalue weighted by atomic mass is 16.5. The molecule has 0 aliphatic carbocycles. The van der Waals surface area contributed by atoms with E-state index in [1.54, 1.807) is 0 Å². The number of ether oxygens (including phenoxy) is 1. The van der Waals surface area contributed by atoms with Crippen LogP contribution >= 0.6 is 0 Å². The smallest absolute Gasteiger partial charge is 0.343 e. The van der Waals surface area contributed by atoms with Gasteiger partial charge in [0.1, 0.15) is 11.5 Å². The van der Waals surface area contributed by atoms with Gasteiger partial charge in [0.05, 0.1) is 5.56 Å². The molecule has 2 aromatic rings. The van der Waals surface area contributed by atoms with Crippen molar-refractivity contribution in [3.63, 3.8) is 0 Å². The van der Waals surface area contributed by atoms with Gasteiger partial charge in [0.15, 0.2) is 0 Å². The molecule has 0 spiro atoms. The zero-order valence-electron chi connectivity index (χ0n) is 24.0. The van der Waals surface area contributed by atoms with Crippen LogP contribution in [-0.2, 0) is 21.7 Å². The van der Waals surface area contributed by atoms with Crippen LogP contribution in [0.4, 0.5) is 0 Å². The molecule has 188 valence electrons. The molecule has 0 aliphatic rings. The fourth-order valence-corrected chi connectivity index (χ4v) is 4.52. The first-order valence-corrected chi connectivity index (χ1v) is 12.3. The Kier molecular flexibility index (Phi) is 7.18. The number of phenolic OH excluding ortho intramolecular Hbond substituents is 1.